The molecule has 1 N–H and O–H groups in total. The zero-order valence-corrected chi connectivity index (χ0v) is 12.6. The minimum Gasteiger partial charge on any atom is -0.365 e. The Hall–Kier alpha value is -2.10. The summed E-state index contributed by atoms with van der Waals surface area (Å²) in [7, 11) is 0. The smallest absolute Gasteiger partial charge is 0.251 e. The quantitative estimate of drug-likeness (QED) is 0.942. The van der Waals surface area contributed by atoms with Gasteiger partial charge in [0.2, 0.25) is 0 Å². The van der Waals surface area contributed by atoms with E-state index in [1.165, 1.54) is 11.3 Å². The molecule has 3 rings (SSSR count). The Labute approximate surface area is 124 Å². The number of hydrogen-bond donors (Lipinski definition) is 1. The number of hydrogen-bond acceptors (Lipinski definition) is 3. The van der Waals surface area contributed by atoms with Crippen LogP contribution < -0.4 is 10.5 Å². The highest BCUT2D eigenvalue weighted by atomic mass is 16.1. The number of para-hydroxylation sites is 1. The van der Waals surface area contributed by atoms with Crippen LogP contribution in [0.3, 0.4) is 0 Å². The number of aromatic nitrogens is 2. The molecule has 1 aromatic heterocycles. The molecule has 1 aliphatic heterocycles. The van der Waals surface area contributed by atoms with Crippen LogP contribution in [0, 0.1) is 0 Å². The number of nitrogens with zero attached hydrogens (tertiary/aromatic N) is 2. The predicted octanol–water partition coefficient (Wildman–Crippen LogP) is 2.85. The zero-order chi connectivity index (χ0) is 14.8. The molecule has 2 heterocycles. The summed E-state index contributed by atoms with van der Waals surface area (Å²) in [5.74, 6) is 0.995. The summed E-state index contributed by atoms with van der Waals surface area (Å²) in [6, 6.07) is 10.1. The lowest BCUT2D eigenvalue weighted by atomic mass is 10.0. The standard InChI is InChI=1S/C17H21N3O/c1-12(2)17-18-14(10-16(21)19-17)11-20-9-5-7-13-6-3-4-8-15(13)20/h3-4,6,8,10,12H,5,7,9,11H2,1-2H3,(H,18,19,21). The van der Waals surface area contributed by atoms with E-state index in [1.807, 2.05) is 13.8 Å². The van der Waals surface area contributed by atoms with Gasteiger partial charge in [-0.3, -0.25) is 4.79 Å². The number of aromatic amines is 1. The third-order valence-electron chi connectivity index (χ3n) is 3.92. The van der Waals surface area contributed by atoms with Crippen LogP contribution >= 0.6 is 0 Å². The van der Waals surface area contributed by atoms with Crippen LogP contribution in [0.15, 0.2) is 35.1 Å². The van der Waals surface area contributed by atoms with Crippen molar-refractivity contribution in [3.8, 4) is 0 Å². The molecule has 21 heavy (non-hydrogen) atoms. The molecule has 1 aliphatic rings. The highest BCUT2D eigenvalue weighted by molar-refractivity contribution is 5.55. The van der Waals surface area contributed by atoms with Gasteiger partial charge >= 0.3 is 0 Å². The molecular weight excluding hydrogens is 262 g/mol. The maximum absolute atomic E-state index is 11.8. The van der Waals surface area contributed by atoms with Crippen molar-refractivity contribution in [2.75, 3.05) is 11.4 Å². The lowest BCUT2D eigenvalue weighted by molar-refractivity contribution is 0.672. The Kier molecular flexibility index (Phi) is 3.78. The second-order valence-corrected chi connectivity index (χ2v) is 5.93. The monoisotopic (exact) mass is 283 g/mol. The highest BCUT2D eigenvalue weighted by Crippen LogP contribution is 2.27. The fourth-order valence-electron chi connectivity index (χ4n) is 2.85. The van der Waals surface area contributed by atoms with E-state index in [4.69, 9.17) is 0 Å². The first-order valence-electron chi connectivity index (χ1n) is 7.56. The average molecular weight is 283 g/mol. The number of benzene rings is 1. The zero-order valence-electron chi connectivity index (χ0n) is 12.6. The molecule has 0 amide bonds. The molecule has 0 bridgehead atoms. The Bertz CT molecular complexity index is 690. The summed E-state index contributed by atoms with van der Waals surface area (Å²) in [5.41, 5.74) is 3.45. The number of anilines is 1. The van der Waals surface area contributed by atoms with E-state index in [0.717, 1.165) is 30.9 Å². The van der Waals surface area contributed by atoms with Crippen molar-refractivity contribution < 1.29 is 0 Å². The van der Waals surface area contributed by atoms with E-state index < -0.39 is 0 Å². The van der Waals surface area contributed by atoms with Gasteiger partial charge < -0.3 is 9.88 Å². The Morgan fingerprint density at radius 1 is 1.33 bits per heavy atom. The SMILES string of the molecule is CC(C)c1nc(CN2CCCc3ccccc32)cc(=O)[nH]1. The van der Waals surface area contributed by atoms with Gasteiger partial charge in [-0.2, -0.15) is 0 Å². The van der Waals surface area contributed by atoms with Crippen molar-refractivity contribution in [2.24, 2.45) is 0 Å². The summed E-state index contributed by atoms with van der Waals surface area (Å²) in [5, 5.41) is 0. The van der Waals surface area contributed by atoms with Crippen molar-refractivity contribution in [1.29, 1.82) is 0 Å². The van der Waals surface area contributed by atoms with Gasteiger partial charge in [-0.1, -0.05) is 32.0 Å². The number of rotatable bonds is 3. The van der Waals surface area contributed by atoms with Crippen LogP contribution in [0.1, 0.15) is 43.3 Å². The minimum absolute atomic E-state index is 0.0611. The molecular formula is C17H21N3O. The van der Waals surface area contributed by atoms with Crippen molar-refractivity contribution in [1.82, 2.24) is 9.97 Å². The van der Waals surface area contributed by atoms with E-state index in [-0.39, 0.29) is 11.5 Å². The van der Waals surface area contributed by atoms with E-state index >= 15 is 0 Å². The third-order valence-corrected chi connectivity index (χ3v) is 3.92. The van der Waals surface area contributed by atoms with Gasteiger partial charge in [-0.25, -0.2) is 4.98 Å². The molecule has 0 saturated heterocycles. The van der Waals surface area contributed by atoms with Crippen LogP contribution in [0.2, 0.25) is 0 Å². The minimum atomic E-state index is -0.0611. The molecule has 0 spiro atoms. The van der Waals surface area contributed by atoms with E-state index in [1.54, 1.807) is 6.07 Å². The van der Waals surface area contributed by atoms with Gasteiger partial charge in [0, 0.05) is 24.2 Å². The number of H-pyrrole nitrogens is 1. The Morgan fingerprint density at radius 3 is 2.95 bits per heavy atom. The van der Waals surface area contributed by atoms with Gasteiger partial charge in [-0.05, 0) is 24.5 Å². The van der Waals surface area contributed by atoms with Crippen molar-refractivity contribution in [3.05, 3.63) is 57.8 Å². The second kappa shape index (κ2) is 5.72. The summed E-state index contributed by atoms with van der Waals surface area (Å²) >= 11 is 0. The third kappa shape index (κ3) is 2.99. The highest BCUT2D eigenvalue weighted by Gasteiger charge is 2.17. The molecule has 1 aromatic carbocycles. The number of aryl methyl sites for hydroxylation is 1. The topological polar surface area (TPSA) is 49.0 Å². The van der Waals surface area contributed by atoms with E-state index in [2.05, 4.69) is 39.1 Å². The van der Waals surface area contributed by atoms with Crippen LogP contribution in [0.5, 0.6) is 0 Å². The Balaban J connectivity index is 1.90. The molecule has 0 unspecified atom stereocenters. The van der Waals surface area contributed by atoms with Gasteiger partial charge in [0.15, 0.2) is 0 Å². The summed E-state index contributed by atoms with van der Waals surface area (Å²) < 4.78 is 0. The Morgan fingerprint density at radius 2 is 2.14 bits per heavy atom. The summed E-state index contributed by atoms with van der Waals surface area (Å²) in [6.07, 6.45) is 2.28. The lowest BCUT2D eigenvalue weighted by Crippen LogP contribution is -2.30. The first-order valence-corrected chi connectivity index (χ1v) is 7.56. The van der Waals surface area contributed by atoms with Gasteiger partial charge in [0.25, 0.3) is 5.56 Å². The normalized spacial score (nSPS) is 14.3. The summed E-state index contributed by atoms with van der Waals surface area (Å²) in [6.45, 7) is 5.79. The van der Waals surface area contributed by atoms with Crippen LogP contribution in [-0.2, 0) is 13.0 Å². The van der Waals surface area contributed by atoms with Gasteiger partial charge in [0.05, 0.1) is 12.2 Å². The molecule has 0 aliphatic carbocycles. The molecule has 0 fully saturated rings. The second-order valence-electron chi connectivity index (χ2n) is 5.93. The molecule has 0 radical (unpaired) electrons. The van der Waals surface area contributed by atoms with Crippen molar-refractivity contribution in [3.63, 3.8) is 0 Å². The van der Waals surface area contributed by atoms with Crippen LogP contribution in [0.4, 0.5) is 5.69 Å². The van der Waals surface area contributed by atoms with E-state index in [0.29, 0.717) is 6.54 Å². The molecule has 4 nitrogen and oxygen atoms in total. The predicted molar refractivity (Wildman–Crippen MR) is 84.8 cm³/mol. The number of fused-ring (bicyclic) bond motifs is 1. The first-order chi connectivity index (χ1) is 10.1. The molecule has 0 atom stereocenters. The molecule has 4 heteroatoms. The largest absolute Gasteiger partial charge is 0.365 e. The van der Waals surface area contributed by atoms with Crippen LogP contribution in [0.25, 0.3) is 0 Å². The maximum atomic E-state index is 11.8. The van der Waals surface area contributed by atoms with Gasteiger partial charge in [-0.15, -0.1) is 0 Å². The molecule has 0 saturated carbocycles. The van der Waals surface area contributed by atoms with Gasteiger partial charge in [0.1, 0.15) is 5.82 Å². The maximum Gasteiger partial charge on any atom is 0.251 e. The fourth-order valence-corrected chi connectivity index (χ4v) is 2.85. The lowest BCUT2D eigenvalue weighted by Gasteiger charge is -2.31. The first kappa shape index (κ1) is 13.9. The summed E-state index contributed by atoms with van der Waals surface area (Å²) in [4.78, 5) is 21.5. The van der Waals surface area contributed by atoms with Crippen molar-refractivity contribution >= 4 is 5.69 Å². The molecule has 110 valence electrons. The fraction of sp³-hybridized carbons (Fsp3) is 0.412. The molecule has 2 aromatic rings. The van der Waals surface area contributed by atoms with Crippen molar-refractivity contribution in [2.45, 2.75) is 39.2 Å². The number of nitrogens with one attached hydrogen (secondary N) is 1. The van der Waals surface area contributed by atoms with E-state index in [9.17, 15) is 4.79 Å². The van der Waals surface area contributed by atoms with Crippen LogP contribution in [-0.4, -0.2) is 16.5 Å². The average Bonchev–Trinajstić information content (AvgIpc) is 2.47.